The van der Waals surface area contributed by atoms with Crippen LogP contribution in [0, 0.1) is 0 Å². The Balaban J connectivity index is 1.69. The van der Waals surface area contributed by atoms with Crippen molar-refractivity contribution in [3.05, 3.63) is 39.2 Å². The number of halogens is 2. The first-order chi connectivity index (χ1) is 14.8. The highest BCUT2D eigenvalue weighted by Gasteiger charge is 2.71. The van der Waals surface area contributed by atoms with Gasteiger partial charge in [0.15, 0.2) is 33.2 Å². The first kappa shape index (κ1) is 22.4. The number of rotatable bonds is 5. The van der Waals surface area contributed by atoms with Crippen molar-refractivity contribution in [1.82, 2.24) is 10.1 Å². The second-order valence-corrected chi connectivity index (χ2v) is 10.8. The maximum absolute atomic E-state index is 13.1. The van der Waals surface area contributed by atoms with Crippen LogP contribution < -0.4 is 0 Å². The Morgan fingerprint density at radius 3 is 2.53 bits per heavy atom. The van der Waals surface area contributed by atoms with E-state index >= 15 is 0 Å². The van der Waals surface area contributed by atoms with Crippen LogP contribution in [-0.4, -0.2) is 62.9 Å². The smallest absolute Gasteiger partial charge is 0.328 e. The fraction of sp³-hybridized carbons (Fsp3) is 0.333. The number of phenols is 2. The summed E-state index contributed by atoms with van der Waals surface area (Å²) in [5, 5.41) is 30.6. The fourth-order valence-corrected chi connectivity index (χ4v) is 6.83. The van der Waals surface area contributed by atoms with Gasteiger partial charge in [-0.3, -0.25) is 9.59 Å². The van der Waals surface area contributed by atoms with Crippen molar-refractivity contribution < 1.29 is 42.6 Å². The van der Waals surface area contributed by atoms with Gasteiger partial charge in [-0.15, -0.1) is 0 Å². The second-order valence-electron chi connectivity index (χ2n) is 7.55. The second kappa shape index (κ2) is 7.09. The first-order valence-electron chi connectivity index (χ1n) is 8.99. The Labute approximate surface area is 190 Å². The van der Waals surface area contributed by atoms with Gasteiger partial charge in [0.1, 0.15) is 21.6 Å². The average Bonchev–Trinajstić information content (AvgIpc) is 3.23. The van der Waals surface area contributed by atoms with Crippen LogP contribution >= 0.6 is 23.2 Å². The van der Waals surface area contributed by atoms with Crippen LogP contribution in [0.15, 0.2) is 16.7 Å². The van der Waals surface area contributed by atoms with Gasteiger partial charge in [-0.05, 0) is 13.0 Å². The highest BCUT2D eigenvalue weighted by molar-refractivity contribution is 7.93. The van der Waals surface area contributed by atoms with E-state index < -0.39 is 66.6 Å². The monoisotopic (exact) mass is 504 g/mol. The minimum absolute atomic E-state index is 0.120. The van der Waals surface area contributed by atoms with E-state index in [1.165, 1.54) is 0 Å². The van der Waals surface area contributed by atoms with E-state index in [2.05, 4.69) is 5.16 Å². The number of carboxylic acid groups (broad SMARTS) is 1. The highest BCUT2D eigenvalue weighted by Crippen LogP contribution is 2.51. The molecule has 3 heterocycles. The number of Topliss-reactive ketones (excluding diaryl/α,β-unsaturated/α-hetero) is 1. The number of hydrogen-bond acceptors (Lipinski definition) is 9. The number of sulfone groups is 1. The highest BCUT2D eigenvalue weighted by atomic mass is 35.5. The van der Waals surface area contributed by atoms with Crippen LogP contribution in [0.1, 0.15) is 35.2 Å². The number of nitrogens with zero attached hydrogens (tertiary/aromatic N) is 2. The van der Waals surface area contributed by atoms with Crippen LogP contribution in [0.2, 0.25) is 10.0 Å². The van der Waals surface area contributed by atoms with Gasteiger partial charge in [-0.25, -0.2) is 13.2 Å². The van der Waals surface area contributed by atoms with Crippen molar-refractivity contribution in [2.24, 2.45) is 0 Å². The van der Waals surface area contributed by atoms with Gasteiger partial charge in [0.25, 0.3) is 0 Å². The predicted octanol–water partition coefficient (Wildman–Crippen LogP) is 1.47. The van der Waals surface area contributed by atoms with E-state index in [4.69, 9.17) is 27.7 Å². The number of carbonyl (C=O) groups is 3. The minimum atomic E-state index is -4.18. The van der Waals surface area contributed by atoms with Crippen molar-refractivity contribution in [3.8, 4) is 11.5 Å². The number of amides is 1. The van der Waals surface area contributed by atoms with Crippen LogP contribution in [0.4, 0.5) is 0 Å². The van der Waals surface area contributed by atoms with Crippen molar-refractivity contribution >= 4 is 50.7 Å². The molecule has 2 fully saturated rings. The molecule has 0 radical (unpaired) electrons. The van der Waals surface area contributed by atoms with E-state index in [0.29, 0.717) is 0 Å². The van der Waals surface area contributed by atoms with E-state index in [-0.39, 0.29) is 28.5 Å². The van der Waals surface area contributed by atoms with E-state index in [9.17, 15) is 38.1 Å². The lowest BCUT2D eigenvalue weighted by Gasteiger charge is -2.35. The number of aromatic hydroxyl groups is 2. The summed E-state index contributed by atoms with van der Waals surface area (Å²) in [6.07, 6.45) is -0.818. The summed E-state index contributed by atoms with van der Waals surface area (Å²) in [5.41, 5.74) is -0.504. The molecule has 4 rings (SSSR count). The largest absolute Gasteiger partial charge is 0.503 e. The molecule has 3 atom stereocenters. The molecule has 3 N–H and O–H groups in total. The van der Waals surface area contributed by atoms with Crippen molar-refractivity contribution in [1.29, 1.82) is 0 Å². The molecular formula is C18H14Cl2N2O9S. The van der Waals surface area contributed by atoms with Gasteiger partial charge in [0.05, 0.1) is 22.9 Å². The minimum Gasteiger partial charge on any atom is -0.503 e. The summed E-state index contributed by atoms with van der Waals surface area (Å²) in [4.78, 5) is 37.2. The number of carbonyl (C=O) groups excluding carboxylic acids is 2. The zero-order valence-electron chi connectivity index (χ0n) is 16.1. The number of phenolic OH excluding ortho intramolecular Hbond substituents is 2. The Kier molecular flexibility index (Phi) is 4.95. The first-order valence-corrected chi connectivity index (χ1v) is 11.3. The van der Waals surface area contributed by atoms with E-state index in [0.717, 1.165) is 24.0 Å². The lowest BCUT2D eigenvalue weighted by atomic mass is 9.93. The number of aromatic nitrogens is 1. The molecule has 0 spiro atoms. The summed E-state index contributed by atoms with van der Waals surface area (Å²) in [5.74, 6) is -4.44. The Hall–Kier alpha value is -2.83. The van der Waals surface area contributed by atoms with Gasteiger partial charge in [0.2, 0.25) is 5.91 Å². The number of aliphatic carboxylic acids is 1. The molecule has 0 bridgehead atoms. The lowest BCUT2D eigenvalue weighted by Crippen LogP contribution is -2.57. The molecule has 0 saturated carbocycles. The summed E-state index contributed by atoms with van der Waals surface area (Å²) >= 11 is 11.6. The van der Waals surface area contributed by atoms with Crippen molar-refractivity contribution in [2.45, 2.75) is 35.9 Å². The van der Waals surface area contributed by atoms with Crippen LogP contribution in [0.25, 0.3) is 0 Å². The maximum atomic E-state index is 13.1. The summed E-state index contributed by atoms with van der Waals surface area (Å²) in [7, 11) is -4.18. The molecule has 32 heavy (non-hydrogen) atoms. The quantitative estimate of drug-likeness (QED) is 0.307. The van der Waals surface area contributed by atoms with Crippen LogP contribution in [0.5, 0.6) is 11.5 Å². The average molecular weight is 505 g/mol. The number of carboxylic acids is 1. The summed E-state index contributed by atoms with van der Waals surface area (Å²) < 4.78 is 29.1. The SMILES string of the molecule is C[C@]1(c2cc(CC(=O)c3cc(Cl)c(O)c(O)c3Cl)on2)[C@H](C(=O)O)N2C(=O)C[C@H]2S1(=O)=O. The maximum Gasteiger partial charge on any atom is 0.328 e. The zero-order chi connectivity index (χ0) is 23.7. The standard InChI is InChI=1S/C18H14Cl2N2O9S/c1-18(16(17(27)28)22-11(24)5-12(22)32(18,29)30)10-3-6(31-21-10)2-9(23)7-4-8(19)14(25)15(26)13(7)20/h3-4,12,16,25-26H,2,5H2,1H3,(H,27,28)/t12-,16+,18+/m1/s1. The van der Waals surface area contributed by atoms with Gasteiger partial charge in [0, 0.05) is 11.6 Å². The number of ketones is 1. The van der Waals surface area contributed by atoms with Gasteiger partial charge in [-0.2, -0.15) is 0 Å². The number of hydrogen-bond donors (Lipinski definition) is 3. The van der Waals surface area contributed by atoms with E-state index in [1.54, 1.807) is 0 Å². The number of β-lactam (4-membered cyclic amide) rings is 1. The van der Waals surface area contributed by atoms with Crippen molar-refractivity contribution in [3.63, 3.8) is 0 Å². The normalized spacial score (nSPS) is 26.0. The topological polar surface area (TPSA) is 175 Å². The van der Waals surface area contributed by atoms with Gasteiger partial charge >= 0.3 is 5.97 Å². The molecule has 11 nitrogen and oxygen atoms in total. The fourth-order valence-electron chi connectivity index (χ4n) is 4.00. The molecule has 2 aromatic rings. The molecule has 2 aliphatic rings. The third kappa shape index (κ3) is 2.82. The third-order valence-corrected chi connectivity index (χ3v) is 9.19. The molecule has 170 valence electrons. The predicted molar refractivity (Wildman–Crippen MR) is 107 cm³/mol. The summed E-state index contributed by atoms with van der Waals surface area (Å²) in [6, 6.07) is 0.449. The molecule has 0 unspecified atom stereocenters. The Bertz CT molecular complexity index is 1310. The number of fused-ring (bicyclic) bond motifs is 1. The molecule has 0 aliphatic carbocycles. The molecule has 2 saturated heterocycles. The summed E-state index contributed by atoms with van der Waals surface area (Å²) in [6.45, 7) is 1.14. The lowest BCUT2D eigenvalue weighted by molar-refractivity contribution is -0.157. The van der Waals surface area contributed by atoms with Crippen molar-refractivity contribution in [2.75, 3.05) is 0 Å². The van der Waals surface area contributed by atoms with Crippen LogP contribution in [-0.2, 0) is 30.6 Å². The van der Waals surface area contributed by atoms with Gasteiger partial charge in [-0.1, -0.05) is 28.4 Å². The third-order valence-electron chi connectivity index (χ3n) is 5.80. The molecule has 1 aromatic carbocycles. The molecular weight excluding hydrogens is 491 g/mol. The van der Waals surface area contributed by atoms with E-state index in [1.807, 2.05) is 0 Å². The molecule has 14 heteroatoms. The Morgan fingerprint density at radius 1 is 1.28 bits per heavy atom. The molecule has 1 aromatic heterocycles. The Morgan fingerprint density at radius 2 is 1.94 bits per heavy atom. The molecule has 2 aliphatic heterocycles. The molecule has 1 amide bonds. The van der Waals surface area contributed by atoms with Crippen LogP contribution in [0.3, 0.4) is 0 Å². The zero-order valence-corrected chi connectivity index (χ0v) is 18.4. The van der Waals surface area contributed by atoms with Gasteiger partial charge < -0.3 is 24.7 Å². The number of benzene rings is 1.